The summed E-state index contributed by atoms with van der Waals surface area (Å²) in [4.78, 5) is 1.03. The molecular formula is C9H4BrN3S2. The monoisotopic (exact) mass is 297 g/mol. The van der Waals surface area contributed by atoms with Gasteiger partial charge in [0.25, 0.3) is 0 Å². The SMILES string of the molecule is N#Cc1ccc(Sc2nncs2)c(Br)c1. The molecule has 0 aliphatic heterocycles. The van der Waals surface area contributed by atoms with Gasteiger partial charge in [-0.1, -0.05) is 23.1 Å². The maximum atomic E-state index is 8.71. The molecule has 74 valence electrons. The van der Waals surface area contributed by atoms with Crippen molar-refractivity contribution in [3.05, 3.63) is 33.7 Å². The second kappa shape index (κ2) is 4.75. The fourth-order valence-corrected chi connectivity index (χ4v) is 3.01. The molecule has 0 spiro atoms. The van der Waals surface area contributed by atoms with Gasteiger partial charge in [-0.2, -0.15) is 5.26 Å². The first-order valence-electron chi connectivity index (χ1n) is 3.93. The van der Waals surface area contributed by atoms with Gasteiger partial charge in [-0.25, -0.2) is 0 Å². The first kappa shape index (κ1) is 10.6. The number of halogens is 1. The van der Waals surface area contributed by atoms with Crippen LogP contribution in [0.5, 0.6) is 0 Å². The van der Waals surface area contributed by atoms with Crippen molar-refractivity contribution in [2.45, 2.75) is 9.24 Å². The molecule has 0 saturated heterocycles. The van der Waals surface area contributed by atoms with E-state index in [0.717, 1.165) is 13.7 Å². The van der Waals surface area contributed by atoms with Crippen LogP contribution in [-0.2, 0) is 0 Å². The van der Waals surface area contributed by atoms with Crippen molar-refractivity contribution in [2.75, 3.05) is 0 Å². The highest BCUT2D eigenvalue weighted by molar-refractivity contribution is 9.10. The topological polar surface area (TPSA) is 49.6 Å². The number of aromatic nitrogens is 2. The zero-order chi connectivity index (χ0) is 10.7. The first-order valence-corrected chi connectivity index (χ1v) is 6.42. The van der Waals surface area contributed by atoms with E-state index in [-0.39, 0.29) is 0 Å². The molecule has 2 rings (SSSR count). The van der Waals surface area contributed by atoms with Crippen molar-refractivity contribution >= 4 is 39.0 Å². The smallest absolute Gasteiger partial charge is 0.178 e. The quantitative estimate of drug-likeness (QED) is 0.853. The molecule has 0 aliphatic rings. The summed E-state index contributed by atoms with van der Waals surface area (Å²) in [5.41, 5.74) is 2.34. The van der Waals surface area contributed by atoms with Crippen LogP contribution < -0.4 is 0 Å². The third kappa shape index (κ3) is 2.56. The molecule has 3 nitrogen and oxygen atoms in total. The third-order valence-corrected chi connectivity index (χ3v) is 4.37. The van der Waals surface area contributed by atoms with E-state index in [0.29, 0.717) is 5.56 Å². The lowest BCUT2D eigenvalue weighted by atomic mass is 10.2. The van der Waals surface area contributed by atoms with Crippen molar-refractivity contribution in [2.24, 2.45) is 0 Å². The van der Waals surface area contributed by atoms with Gasteiger partial charge in [-0.3, -0.25) is 0 Å². The van der Waals surface area contributed by atoms with Crippen molar-refractivity contribution in [1.82, 2.24) is 10.2 Å². The molecule has 0 bridgehead atoms. The highest BCUT2D eigenvalue weighted by Gasteiger charge is 2.05. The Morgan fingerprint density at radius 2 is 2.33 bits per heavy atom. The molecule has 1 aromatic carbocycles. The second-order valence-corrected chi connectivity index (χ2v) is 5.54. The fraction of sp³-hybridized carbons (Fsp3) is 0. The van der Waals surface area contributed by atoms with E-state index < -0.39 is 0 Å². The molecule has 0 radical (unpaired) electrons. The summed E-state index contributed by atoms with van der Waals surface area (Å²) in [6, 6.07) is 7.57. The standard InChI is InChI=1S/C9H4BrN3S2/c10-7-3-6(4-11)1-2-8(7)15-9-13-12-5-14-9/h1-3,5H. The van der Waals surface area contributed by atoms with Gasteiger partial charge in [-0.15, -0.1) is 10.2 Å². The largest absolute Gasteiger partial charge is 0.192 e. The maximum Gasteiger partial charge on any atom is 0.178 e. The summed E-state index contributed by atoms with van der Waals surface area (Å²) >= 11 is 6.44. The predicted molar refractivity (Wildman–Crippen MR) is 62.9 cm³/mol. The van der Waals surface area contributed by atoms with Gasteiger partial charge in [0.2, 0.25) is 0 Å². The van der Waals surface area contributed by atoms with E-state index in [1.54, 1.807) is 17.6 Å². The van der Waals surface area contributed by atoms with Crippen molar-refractivity contribution in [3.63, 3.8) is 0 Å². The van der Waals surface area contributed by atoms with Gasteiger partial charge in [0.05, 0.1) is 11.6 Å². The Bertz CT molecular complexity index is 505. The fourth-order valence-electron chi connectivity index (χ4n) is 0.955. The number of hydrogen-bond acceptors (Lipinski definition) is 5. The molecule has 0 atom stereocenters. The maximum absolute atomic E-state index is 8.71. The lowest BCUT2D eigenvalue weighted by Crippen LogP contribution is -1.79. The van der Waals surface area contributed by atoms with E-state index in [2.05, 4.69) is 32.2 Å². The van der Waals surface area contributed by atoms with Crippen molar-refractivity contribution in [3.8, 4) is 6.07 Å². The highest BCUT2D eigenvalue weighted by atomic mass is 79.9. The molecule has 2 aromatic rings. The Labute approximate surface area is 103 Å². The van der Waals surface area contributed by atoms with Crippen LogP contribution >= 0.6 is 39.0 Å². The van der Waals surface area contributed by atoms with Crippen LogP contribution in [-0.4, -0.2) is 10.2 Å². The molecule has 0 saturated carbocycles. The lowest BCUT2D eigenvalue weighted by Gasteiger charge is -2.00. The molecule has 0 aliphatic carbocycles. The van der Waals surface area contributed by atoms with Crippen LogP contribution in [0.25, 0.3) is 0 Å². The van der Waals surface area contributed by atoms with E-state index in [9.17, 15) is 0 Å². The first-order chi connectivity index (χ1) is 7.29. The van der Waals surface area contributed by atoms with E-state index >= 15 is 0 Å². The van der Waals surface area contributed by atoms with Crippen molar-refractivity contribution in [1.29, 1.82) is 5.26 Å². The van der Waals surface area contributed by atoms with Gasteiger partial charge >= 0.3 is 0 Å². The van der Waals surface area contributed by atoms with Gasteiger partial charge in [0.15, 0.2) is 4.34 Å². The summed E-state index contributed by atoms with van der Waals surface area (Å²) < 4.78 is 1.79. The van der Waals surface area contributed by atoms with Gasteiger partial charge in [0.1, 0.15) is 5.51 Å². The minimum atomic E-state index is 0.642. The van der Waals surface area contributed by atoms with Crippen LogP contribution in [0.15, 0.2) is 37.4 Å². The summed E-state index contributed by atoms with van der Waals surface area (Å²) in [5.74, 6) is 0. The van der Waals surface area contributed by atoms with Crippen LogP contribution in [0.2, 0.25) is 0 Å². The zero-order valence-electron chi connectivity index (χ0n) is 7.35. The van der Waals surface area contributed by atoms with Gasteiger partial charge in [0, 0.05) is 9.37 Å². The molecule has 1 heterocycles. The van der Waals surface area contributed by atoms with Crippen LogP contribution in [0, 0.1) is 11.3 Å². The summed E-state index contributed by atoms with van der Waals surface area (Å²) in [6.45, 7) is 0. The Morgan fingerprint density at radius 3 is 2.93 bits per heavy atom. The number of rotatable bonds is 2. The number of nitrogens with zero attached hydrogens (tertiary/aromatic N) is 3. The lowest BCUT2D eigenvalue weighted by molar-refractivity contribution is 1.01. The molecule has 6 heteroatoms. The molecule has 0 fully saturated rings. The molecule has 0 amide bonds. The number of benzene rings is 1. The summed E-state index contributed by atoms with van der Waals surface area (Å²) in [6.07, 6.45) is 0. The van der Waals surface area contributed by atoms with E-state index in [4.69, 9.17) is 5.26 Å². The minimum absolute atomic E-state index is 0.642. The average molecular weight is 298 g/mol. The average Bonchev–Trinajstić information content (AvgIpc) is 2.74. The Hall–Kier alpha value is -0.900. The zero-order valence-corrected chi connectivity index (χ0v) is 10.6. The van der Waals surface area contributed by atoms with Gasteiger partial charge < -0.3 is 0 Å². The molecule has 1 aromatic heterocycles. The van der Waals surface area contributed by atoms with Crippen molar-refractivity contribution < 1.29 is 0 Å². The van der Waals surface area contributed by atoms with Crippen LogP contribution in [0.1, 0.15) is 5.56 Å². The number of nitriles is 1. The van der Waals surface area contributed by atoms with E-state index in [1.807, 2.05) is 6.07 Å². The number of hydrogen-bond donors (Lipinski definition) is 0. The Kier molecular flexibility index (Phi) is 3.36. The van der Waals surface area contributed by atoms with Crippen LogP contribution in [0.4, 0.5) is 0 Å². The molecular weight excluding hydrogens is 294 g/mol. The van der Waals surface area contributed by atoms with E-state index in [1.165, 1.54) is 23.1 Å². The normalized spacial score (nSPS) is 9.87. The minimum Gasteiger partial charge on any atom is -0.192 e. The Balaban J connectivity index is 2.27. The molecule has 0 unspecified atom stereocenters. The van der Waals surface area contributed by atoms with Crippen LogP contribution in [0.3, 0.4) is 0 Å². The Morgan fingerprint density at radius 1 is 1.47 bits per heavy atom. The second-order valence-electron chi connectivity index (χ2n) is 2.56. The third-order valence-electron chi connectivity index (χ3n) is 1.60. The predicted octanol–water partition coefficient (Wildman–Crippen LogP) is 3.32. The summed E-state index contributed by atoms with van der Waals surface area (Å²) in [7, 11) is 0. The molecule has 15 heavy (non-hydrogen) atoms. The van der Waals surface area contributed by atoms with Gasteiger partial charge in [-0.05, 0) is 34.1 Å². The summed E-state index contributed by atoms with van der Waals surface area (Å²) in [5, 5.41) is 16.4. The highest BCUT2D eigenvalue weighted by Crippen LogP contribution is 2.34. The molecule has 0 N–H and O–H groups in total.